The Labute approximate surface area is 165 Å². The summed E-state index contributed by atoms with van der Waals surface area (Å²) in [6.45, 7) is 2.93. The summed E-state index contributed by atoms with van der Waals surface area (Å²) in [5, 5.41) is 8.88. The highest BCUT2D eigenvalue weighted by molar-refractivity contribution is 7.89. The summed E-state index contributed by atoms with van der Waals surface area (Å²) < 4.78 is 38.7. The lowest BCUT2D eigenvalue weighted by molar-refractivity contribution is 0.0172. The molecule has 1 N–H and O–H groups in total. The molecule has 28 heavy (non-hydrogen) atoms. The largest absolute Gasteiger partial charge is 0.497 e. The van der Waals surface area contributed by atoms with E-state index in [0.717, 1.165) is 24.4 Å². The molecule has 148 valence electrons. The molecule has 0 aliphatic carbocycles. The van der Waals surface area contributed by atoms with Gasteiger partial charge in [0, 0.05) is 25.7 Å². The summed E-state index contributed by atoms with van der Waals surface area (Å²) in [6, 6.07) is 15.4. The highest BCUT2D eigenvalue weighted by Crippen LogP contribution is 2.24. The Morgan fingerprint density at radius 1 is 1.14 bits per heavy atom. The van der Waals surface area contributed by atoms with Crippen molar-refractivity contribution in [1.29, 1.82) is 5.26 Å². The Morgan fingerprint density at radius 3 is 2.36 bits per heavy atom. The van der Waals surface area contributed by atoms with Gasteiger partial charge in [-0.25, -0.2) is 13.1 Å². The number of ether oxygens (including phenoxy) is 2. The molecule has 0 radical (unpaired) electrons. The molecule has 0 spiro atoms. The summed E-state index contributed by atoms with van der Waals surface area (Å²) in [7, 11) is -2.07. The quantitative estimate of drug-likeness (QED) is 0.762. The third-order valence-corrected chi connectivity index (χ3v) is 6.19. The van der Waals surface area contributed by atoms with Crippen molar-refractivity contribution < 1.29 is 17.9 Å². The second-order valence-corrected chi connectivity index (χ2v) is 8.19. The number of nitrogens with one attached hydrogen (secondary N) is 1. The van der Waals surface area contributed by atoms with E-state index in [1.54, 1.807) is 7.11 Å². The van der Waals surface area contributed by atoms with E-state index in [0.29, 0.717) is 18.8 Å². The third kappa shape index (κ3) is 4.88. The molecule has 2 aromatic rings. The Kier molecular flexibility index (Phi) is 6.65. The van der Waals surface area contributed by atoms with Crippen molar-refractivity contribution in [2.75, 3.05) is 40.0 Å². The van der Waals surface area contributed by atoms with Crippen LogP contribution in [0, 0.1) is 11.3 Å². The smallest absolute Gasteiger partial charge is 0.240 e. The van der Waals surface area contributed by atoms with E-state index < -0.39 is 10.0 Å². The predicted octanol–water partition coefficient (Wildman–Crippen LogP) is 1.92. The van der Waals surface area contributed by atoms with Crippen LogP contribution in [-0.4, -0.2) is 53.3 Å². The molecule has 1 aliphatic rings. The van der Waals surface area contributed by atoms with E-state index in [-0.39, 0.29) is 17.5 Å². The number of hydrogen-bond donors (Lipinski definition) is 1. The molecule has 1 atom stereocenters. The normalized spacial score (nSPS) is 16.3. The third-order valence-electron chi connectivity index (χ3n) is 4.75. The molecule has 0 aromatic heterocycles. The minimum Gasteiger partial charge on any atom is -0.497 e. The first kappa shape index (κ1) is 20.3. The molecule has 0 saturated carbocycles. The number of rotatable bonds is 7. The van der Waals surface area contributed by atoms with Gasteiger partial charge in [-0.1, -0.05) is 12.1 Å². The van der Waals surface area contributed by atoms with Crippen LogP contribution < -0.4 is 9.46 Å². The average Bonchev–Trinajstić information content (AvgIpc) is 2.75. The van der Waals surface area contributed by atoms with Crippen molar-refractivity contribution >= 4 is 10.0 Å². The fourth-order valence-electron chi connectivity index (χ4n) is 3.15. The fourth-order valence-corrected chi connectivity index (χ4v) is 4.19. The van der Waals surface area contributed by atoms with Gasteiger partial charge in [0.2, 0.25) is 10.0 Å². The lowest BCUT2D eigenvalue weighted by atomic mass is 10.0. The van der Waals surface area contributed by atoms with Gasteiger partial charge in [0.05, 0.1) is 36.9 Å². The molecule has 0 amide bonds. The highest BCUT2D eigenvalue weighted by atomic mass is 32.2. The summed E-state index contributed by atoms with van der Waals surface area (Å²) in [6.07, 6.45) is 0. The predicted molar refractivity (Wildman–Crippen MR) is 104 cm³/mol. The lowest BCUT2D eigenvalue weighted by Gasteiger charge is -2.35. The van der Waals surface area contributed by atoms with E-state index >= 15 is 0 Å². The van der Waals surface area contributed by atoms with Crippen molar-refractivity contribution in [3.8, 4) is 11.8 Å². The molecular weight excluding hydrogens is 378 g/mol. The SMILES string of the molecule is COc1ccc(C(CNS(=O)(=O)c2ccc(C#N)cc2)N2CCOCC2)cc1. The molecule has 1 fully saturated rings. The first-order chi connectivity index (χ1) is 13.5. The van der Waals surface area contributed by atoms with Crippen molar-refractivity contribution in [2.45, 2.75) is 10.9 Å². The average molecular weight is 401 g/mol. The van der Waals surface area contributed by atoms with Crippen LogP contribution in [0.25, 0.3) is 0 Å². The number of hydrogen-bond acceptors (Lipinski definition) is 6. The maximum absolute atomic E-state index is 12.7. The molecule has 8 heteroatoms. The van der Waals surface area contributed by atoms with Crippen molar-refractivity contribution in [1.82, 2.24) is 9.62 Å². The van der Waals surface area contributed by atoms with Gasteiger partial charge in [0.25, 0.3) is 0 Å². The molecule has 3 rings (SSSR count). The van der Waals surface area contributed by atoms with Crippen LogP contribution in [0.15, 0.2) is 53.4 Å². The Morgan fingerprint density at radius 2 is 1.79 bits per heavy atom. The van der Waals surface area contributed by atoms with Gasteiger partial charge in [-0.2, -0.15) is 5.26 Å². The minimum atomic E-state index is -3.68. The molecule has 0 bridgehead atoms. The molecule has 7 nitrogen and oxygen atoms in total. The van der Waals surface area contributed by atoms with E-state index in [1.165, 1.54) is 24.3 Å². The Bertz CT molecular complexity index is 915. The molecular formula is C20H23N3O4S. The van der Waals surface area contributed by atoms with Crippen LogP contribution in [0.2, 0.25) is 0 Å². The zero-order chi connectivity index (χ0) is 20.0. The van der Waals surface area contributed by atoms with Gasteiger partial charge in [-0.05, 0) is 42.0 Å². The van der Waals surface area contributed by atoms with Crippen LogP contribution in [0.1, 0.15) is 17.2 Å². The lowest BCUT2D eigenvalue weighted by Crippen LogP contribution is -2.43. The second-order valence-electron chi connectivity index (χ2n) is 6.43. The number of morpholine rings is 1. The Hall–Kier alpha value is -2.44. The van der Waals surface area contributed by atoms with Crippen LogP contribution in [0.4, 0.5) is 0 Å². The van der Waals surface area contributed by atoms with Gasteiger partial charge in [0.15, 0.2) is 0 Å². The van der Waals surface area contributed by atoms with E-state index in [9.17, 15) is 8.42 Å². The number of sulfonamides is 1. The van der Waals surface area contributed by atoms with Crippen molar-refractivity contribution in [3.05, 3.63) is 59.7 Å². The van der Waals surface area contributed by atoms with E-state index in [1.807, 2.05) is 30.3 Å². The topological polar surface area (TPSA) is 91.7 Å². The molecule has 2 aromatic carbocycles. The first-order valence-corrected chi connectivity index (χ1v) is 10.5. The molecule has 1 saturated heterocycles. The molecule has 1 unspecified atom stereocenters. The standard InChI is InChI=1S/C20H23N3O4S/c1-26-18-6-4-17(5-7-18)20(23-10-12-27-13-11-23)15-22-28(24,25)19-8-2-16(14-21)3-9-19/h2-9,20,22H,10-13,15H2,1H3. The second kappa shape index (κ2) is 9.17. The van der Waals surface area contributed by atoms with Gasteiger partial charge in [-0.3, -0.25) is 4.90 Å². The summed E-state index contributed by atoms with van der Waals surface area (Å²) in [4.78, 5) is 2.36. The summed E-state index contributed by atoms with van der Waals surface area (Å²) in [5.41, 5.74) is 1.42. The Balaban J connectivity index is 1.78. The summed E-state index contributed by atoms with van der Waals surface area (Å²) >= 11 is 0. The van der Waals surface area contributed by atoms with Gasteiger partial charge >= 0.3 is 0 Å². The monoisotopic (exact) mass is 401 g/mol. The summed E-state index contributed by atoms with van der Waals surface area (Å²) in [5.74, 6) is 0.752. The van der Waals surface area contributed by atoms with Gasteiger partial charge < -0.3 is 9.47 Å². The molecule has 1 aliphatic heterocycles. The molecule has 1 heterocycles. The maximum atomic E-state index is 12.7. The van der Waals surface area contributed by atoms with Crippen molar-refractivity contribution in [3.63, 3.8) is 0 Å². The minimum absolute atomic E-state index is 0.122. The highest BCUT2D eigenvalue weighted by Gasteiger charge is 2.25. The fraction of sp³-hybridized carbons (Fsp3) is 0.350. The van der Waals surface area contributed by atoms with E-state index in [2.05, 4.69) is 9.62 Å². The van der Waals surface area contributed by atoms with E-state index in [4.69, 9.17) is 14.7 Å². The van der Waals surface area contributed by atoms with Crippen LogP contribution in [0.3, 0.4) is 0 Å². The van der Waals surface area contributed by atoms with Crippen LogP contribution in [0.5, 0.6) is 5.75 Å². The maximum Gasteiger partial charge on any atom is 0.240 e. The van der Waals surface area contributed by atoms with Gasteiger partial charge in [-0.15, -0.1) is 0 Å². The number of benzene rings is 2. The van der Waals surface area contributed by atoms with Crippen LogP contribution in [-0.2, 0) is 14.8 Å². The zero-order valence-corrected chi connectivity index (χ0v) is 16.5. The number of methoxy groups -OCH3 is 1. The first-order valence-electron chi connectivity index (χ1n) is 8.99. The van der Waals surface area contributed by atoms with Crippen molar-refractivity contribution in [2.24, 2.45) is 0 Å². The van der Waals surface area contributed by atoms with Crippen LogP contribution >= 0.6 is 0 Å². The number of nitrogens with zero attached hydrogens (tertiary/aromatic N) is 2. The number of nitriles is 1. The zero-order valence-electron chi connectivity index (χ0n) is 15.7. The van der Waals surface area contributed by atoms with Gasteiger partial charge in [0.1, 0.15) is 5.75 Å².